The molecule has 1 N–H and O–H groups in total. The van der Waals surface area contributed by atoms with E-state index in [4.69, 9.17) is 0 Å². The van der Waals surface area contributed by atoms with Gasteiger partial charge in [-0.3, -0.25) is 23.9 Å². The van der Waals surface area contributed by atoms with Gasteiger partial charge in [-0.25, -0.2) is 18.4 Å². The molecule has 1 atom stereocenters. The number of nitrogens with one attached hydrogen (secondary N) is 1. The Morgan fingerprint density at radius 1 is 1.08 bits per heavy atom. The first kappa shape index (κ1) is 26.9. The normalized spacial score (nSPS) is 14.6. The van der Waals surface area contributed by atoms with Gasteiger partial charge >= 0.3 is 0 Å². The van der Waals surface area contributed by atoms with Gasteiger partial charge < -0.3 is 4.90 Å². The summed E-state index contributed by atoms with van der Waals surface area (Å²) in [6.07, 6.45) is 5.16. The highest BCUT2D eigenvalue weighted by molar-refractivity contribution is 7.94. The molecule has 5 rings (SSSR count). The van der Waals surface area contributed by atoms with E-state index < -0.39 is 10.0 Å². The number of amides is 1. The number of pyridine rings is 1. The van der Waals surface area contributed by atoms with Gasteiger partial charge in [-0.05, 0) is 57.4 Å². The van der Waals surface area contributed by atoms with Gasteiger partial charge in [0.25, 0.3) is 15.6 Å². The van der Waals surface area contributed by atoms with E-state index in [0.29, 0.717) is 44.1 Å². The van der Waals surface area contributed by atoms with Gasteiger partial charge in [0, 0.05) is 31.4 Å². The van der Waals surface area contributed by atoms with Crippen molar-refractivity contribution in [3.05, 3.63) is 63.5 Å². The molecule has 204 valence electrons. The number of carbonyl (C=O) groups excluding carboxylic acids is 1. The molecular weight excluding hydrogens is 536 g/mol. The van der Waals surface area contributed by atoms with Crippen molar-refractivity contribution in [2.45, 2.75) is 51.3 Å². The second-order valence-corrected chi connectivity index (χ2v) is 13.0. The fraction of sp³-hybridized carbons (Fsp3) is 0.370. The summed E-state index contributed by atoms with van der Waals surface area (Å²) in [6, 6.07) is 7.01. The lowest BCUT2D eigenvalue weighted by atomic mass is 10.0. The lowest BCUT2D eigenvalue weighted by Crippen LogP contribution is -2.36. The maximum absolute atomic E-state index is 13.4. The number of likely N-dealkylation sites (tertiary alicyclic amines) is 1. The summed E-state index contributed by atoms with van der Waals surface area (Å²) in [5.41, 5.74) is 2.94. The third kappa shape index (κ3) is 5.44. The number of nitrogens with zero attached hydrogens (tertiary/aromatic N) is 5. The van der Waals surface area contributed by atoms with Crippen LogP contribution in [0.15, 0.2) is 45.8 Å². The number of hydrogen-bond acceptors (Lipinski definition) is 8. The number of fused-ring (bicyclic) bond motifs is 1. The van der Waals surface area contributed by atoms with Crippen molar-refractivity contribution >= 4 is 43.9 Å². The Labute approximate surface area is 230 Å². The van der Waals surface area contributed by atoms with Crippen LogP contribution in [0.1, 0.15) is 36.2 Å². The van der Waals surface area contributed by atoms with Crippen LogP contribution in [0.5, 0.6) is 0 Å². The summed E-state index contributed by atoms with van der Waals surface area (Å²) in [7, 11) is -3.84. The molecule has 0 spiro atoms. The van der Waals surface area contributed by atoms with E-state index in [-0.39, 0.29) is 28.1 Å². The summed E-state index contributed by atoms with van der Waals surface area (Å²) in [6.45, 7) is 8.77. The third-order valence-electron chi connectivity index (χ3n) is 6.90. The summed E-state index contributed by atoms with van der Waals surface area (Å²) < 4.78 is 30.4. The van der Waals surface area contributed by atoms with Gasteiger partial charge in [0.2, 0.25) is 5.91 Å². The Hall–Kier alpha value is -3.64. The molecule has 0 aliphatic carbocycles. The lowest BCUT2D eigenvalue weighted by molar-refractivity contribution is -0.134. The predicted octanol–water partition coefficient (Wildman–Crippen LogP) is 3.90. The van der Waals surface area contributed by atoms with E-state index in [1.165, 1.54) is 10.9 Å². The molecule has 4 aromatic rings. The molecule has 10 nitrogen and oxygen atoms in total. The molecule has 1 aromatic carbocycles. The van der Waals surface area contributed by atoms with Crippen molar-refractivity contribution in [1.82, 2.24) is 24.4 Å². The van der Waals surface area contributed by atoms with Crippen LogP contribution in [-0.4, -0.2) is 51.8 Å². The van der Waals surface area contributed by atoms with Gasteiger partial charge in [-0.1, -0.05) is 13.0 Å². The number of aryl methyl sites for hydroxylation is 3. The maximum atomic E-state index is 13.4. The molecule has 4 heterocycles. The minimum absolute atomic E-state index is 0.0534. The molecule has 12 heteroatoms. The summed E-state index contributed by atoms with van der Waals surface area (Å²) >= 11 is 1.11. The summed E-state index contributed by atoms with van der Waals surface area (Å²) in [5.74, 6) is -0.288. The van der Waals surface area contributed by atoms with Crippen molar-refractivity contribution in [3.8, 4) is 11.1 Å². The number of thiazole rings is 1. The molecule has 0 saturated carbocycles. The zero-order valence-corrected chi connectivity index (χ0v) is 23.9. The van der Waals surface area contributed by atoms with Crippen LogP contribution in [0.25, 0.3) is 22.0 Å². The zero-order chi connectivity index (χ0) is 27.9. The molecule has 1 saturated heterocycles. The SMILES string of the molecule is Cc1nc(C)c(S(=O)(=O)Nc2cc(-c3ccc4ncn(CC(C)C(=O)N5CCCC5)c(=O)c4c3)cnc2C)s1. The molecule has 39 heavy (non-hydrogen) atoms. The largest absolute Gasteiger partial charge is 0.342 e. The average molecular weight is 567 g/mol. The van der Waals surface area contributed by atoms with E-state index in [1.54, 1.807) is 45.2 Å². The Bertz CT molecular complexity index is 1740. The number of aromatic nitrogens is 4. The van der Waals surface area contributed by atoms with Crippen LogP contribution in [-0.2, 0) is 21.4 Å². The average Bonchev–Trinajstić information content (AvgIpc) is 3.56. The number of benzene rings is 1. The Morgan fingerprint density at radius 2 is 1.82 bits per heavy atom. The first-order valence-electron chi connectivity index (χ1n) is 12.8. The molecule has 3 aromatic heterocycles. The molecule has 0 bridgehead atoms. The van der Waals surface area contributed by atoms with Crippen LogP contribution in [0.3, 0.4) is 0 Å². The summed E-state index contributed by atoms with van der Waals surface area (Å²) in [4.78, 5) is 41.1. The van der Waals surface area contributed by atoms with E-state index in [0.717, 1.165) is 37.3 Å². The van der Waals surface area contributed by atoms with Crippen molar-refractivity contribution in [3.63, 3.8) is 0 Å². The Balaban J connectivity index is 1.45. The van der Waals surface area contributed by atoms with Crippen LogP contribution in [0.2, 0.25) is 0 Å². The molecule has 1 fully saturated rings. The lowest BCUT2D eigenvalue weighted by Gasteiger charge is -2.20. The van der Waals surface area contributed by atoms with Crippen molar-refractivity contribution in [2.24, 2.45) is 5.92 Å². The molecular formula is C27H30N6O4S2. The second kappa shape index (κ2) is 10.5. The molecule has 1 unspecified atom stereocenters. The van der Waals surface area contributed by atoms with E-state index in [9.17, 15) is 18.0 Å². The van der Waals surface area contributed by atoms with Crippen LogP contribution in [0.4, 0.5) is 5.69 Å². The van der Waals surface area contributed by atoms with Crippen LogP contribution >= 0.6 is 11.3 Å². The topological polar surface area (TPSA) is 127 Å². The van der Waals surface area contributed by atoms with Gasteiger partial charge in [0.05, 0.1) is 45.2 Å². The standard InChI is InChI=1S/C27H30N6O4S2/c1-16(25(34)32-9-5-6-10-32)14-33-15-29-23-8-7-20(11-22(23)26(33)35)21-12-24(17(2)28-13-21)31-39(36,37)27-18(3)30-19(4)38-27/h7-8,11-13,15-16,31H,5-6,9-10,14H2,1-4H3. The van der Waals surface area contributed by atoms with Crippen molar-refractivity contribution in [2.75, 3.05) is 17.8 Å². The number of sulfonamides is 1. The second-order valence-electron chi connectivity index (χ2n) is 9.94. The molecule has 0 radical (unpaired) electrons. The molecule has 1 aliphatic heterocycles. The van der Waals surface area contributed by atoms with Gasteiger partial charge in [-0.2, -0.15) is 0 Å². The smallest absolute Gasteiger partial charge is 0.273 e. The van der Waals surface area contributed by atoms with Gasteiger partial charge in [0.1, 0.15) is 0 Å². The zero-order valence-electron chi connectivity index (χ0n) is 22.3. The highest BCUT2D eigenvalue weighted by Gasteiger charge is 2.24. The van der Waals surface area contributed by atoms with E-state index >= 15 is 0 Å². The molecule has 1 aliphatic rings. The summed E-state index contributed by atoms with van der Waals surface area (Å²) in [5, 5.41) is 1.08. The van der Waals surface area contributed by atoms with E-state index in [1.807, 2.05) is 17.9 Å². The first-order valence-corrected chi connectivity index (χ1v) is 15.1. The quantitative estimate of drug-likeness (QED) is 0.359. The fourth-order valence-electron chi connectivity index (χ4n) is 4.84. The highest BCUT2D eigenvalue weighted by atomic mass is 32.2. The van der Waals surface area contributed by atoms with Crippen LogP contribution in [0, 0.1) is 26.7 Å². The number of hydrogen-bond donors (Lipinski definition) is 1. The van der Waals surface area contributed by atoms with Crippen molar-refractivity contribution < 1.29 is 13.2 Å². The monoisotopic (exact) mass is 566 g/mol. The first-order chi connectivity index (χ1) is 18.5. The third-order valence-corrected chi connectivity index (χ3v) is 9.95. The molecule has 1 amide bonds. The van der Waals surface area contributed by atoms with Crippen molar-refractivity contribution in [1.29, 1.82) is 0 Å². The maximum Gasteiger partial charge on any atom is 0.273 e. The van der Waals surface area contributed by atoms with Gasteiger partial charge in [0.15, 0.2) is 4.21 Å². The fourth-order valence-corrected chi connectivity index (χ4v) is 7.43. The number of carbonyl (C=O) groups is 1. The Morgan fingerprint density at radius 3 is 2.51 bits per heavy atom. The minimum Gasteiger partial charge on any atom is -0.342 e. The van der Waals surface area contributed by atoms with E-state index in [2.05, 4.69) is 19.7 Å². The highest BCUT2D eigenvalue weighted by Crippen LogP contribution is 2.29. The predicted molar refractivity (Wildman–Crippen MR) is 151 cm³/mol. The number of rotatable bonds is 7. The van der Waals surface area contributed by atoms with Crippen LogP contribution < -0.4 is 10.3 Å². The Kier molecular flexibility index (Phi) is 7.25. The van der Waals surface area contributed by atoms with Gasteiger partial charge in [-0.15, -0.1) is 11.3 Å². The minimum atomic E-state index is -3.84. The number of anilines is 1.